The maximum absolute atomic E-state index is 12.9. The van der Waals surface area contributed by atoms with Crippen LogP contribution in [0.15, 0.2) is 64.5 Å². The van der Waals surface area contributed by atoms with Crippen molar-refractivity contribution in [1.82, 2.24) is 9.99 Å². The second-order valence-electron chi connectivity index (χ2n) is 7.41. The van der Waals surface area contributed by atoms with Crippen LogP contribution in [0.5, 0.6) is 0 Å². The van der Waals surface area contributed by atoms with Crippen molar-refractivity contribution >= 4 is 28.5 Å². The standard InChI is InChI=1S/C23H21N3O4/c1-14-7-8-16-12-17(23(30)24-18(16)11-14)20-13-19(15-5-3-2-4-6-15)25-26(20)21(27)9-10-22(28)29/h2-8,11-12,20H,9-10,13H2,1H3,(H,24,30)(H,28,29)/t20-/m0/s1. The monoisotopic (exact) mass is 403 g/mol. The van der Waals surface area contributed by atoms with Gasteiger partial charge >= 0.3 is 5.97 Å². The van der Waals surface area contributed by atoms with Crippen LogP contribution in [0.2, 0.25) is 0 Å². The minimum atomic E-state index is -1.05. The van der Waals surface area contributed by atoms with Crippen molar-refractivity contribution in [3.8, 4) is 0 Å². The summed E-state index contributed by atoms with van der Waals surface area (Å²) in [5, 5.41) is 15.6. The fourth-order valence-corrected chi connectivity index (χ4v) is 3.70. The van der Waals surface area contributed by atoms with Crippen LogP contribution < -0.4 is 5.56 Å². The number of hydrogen-bond donors (Lipinski definition) is 2. The molecule has 0 saturated heterocycles. The summed E-state index contributed by atoms with van der Waals surface area (Å²) in [7, 11) is 0. The first-order valence-corrected chi connectivity index (χ1v) is 9.73. The number of aromatic amines is 1. The minimum absolute atomic E-state index is 0.178. The van der Waals surface area contributed by atoms with Crippen molar-refractivity contribution in [3.63, 3.8) is 0 Å². The molecule has 2 aromatic carbocycles. The number of carboxylic acid groups (broad SMARTS) is 1. The second-order valence-corrected chi connectivity index (χ2v) is 7.41. The smallest absolute Gasteiger partial charge is 0.303 e. The van der Waals surface area contributed by atoms with Crippen molar-refractivity contribution in [2.24, 2.45) is 5.10 Å². The molecule has 0 fully saturated rings. The number of hydrazone groups is 1. The number of carbonyl (C=O) groups excluding carboxylic acids is 1. The molecule has 4 rings (SSSR count). The quantitative estimate of drug-likeness (QED) is 0.682. The third-order valence-electron chi connectivity index (χ3n) is 5.21. The number of rotatable bonds is 5. The van der Waals surface area contributed by atoms with E-state index in [1.165, 1.54) is 5.01 Å². The largest absolute Gasteiger partial charge is 0.481 e. The first-order chi connectivity index (χ1) is 14.4. The van der Waals surface area contributed by atoms with Crippen molar-refractivity contribution in [2.75, 3.05) is 0 Å². The minimum Gasteiger partial charge on any atom is -0.481 e. The molecule has 1 aromatic heterocycles. The predicted octanol–water partition coefficient (Wildman–Crippen LogP) is 3.38. The topological polar surface area (TPSA) is 103 Å². The molecule has 30 heavy (non-hydrogen) atoms. The molecule has 3 aromatic rings. The van der Waals surface area contributed by atoms with Gasteiger partial charge in [0, 0.05) is 23.9 Å². The van der Waals surface area contributed by atoms with Crippen molar-refractivity contribution in [3.05, 3.63) is 81.6 Å². The molecular formula is C23H21N3O4. The van der Waals surface area contributed by atoms with Gasteiger partial charge in [-0.2, -0.15) is 5.10 Å². The van der Waals surface area contributed by atoms with E-state index in [0.717, 1.165) is 22.0 Å². The lowest BCUT2D eigenvalue weighted by Gasteiger charge is -2.21. The molecule has 1 atom stereocenters. The van der Waals surface area contributed by atoms with E-state index in [2.05, 4.69) is 10.1 Å². The third kappa shape index (κ3) is 3.87. The molecule has 152 valence electrons. The number of hydrogen-bond acceptors (Lipinski definition) is 4. The third-order valence-corrected chi connectivity index (χ3v) is 5.21. The van der Waals surface area contributed by atoms with Gasteiger partial charge in [0.05, 0.1) is 18.2 Å². The Morgan fingerprint density at radius 3 is 2.63 bits per heavy atom. The average molecular weight is 403 g/mol. The molecule has 0 aliphatic carbocycles. The Labute approximate surface area is 172 Å². The van der Waals surface area contributed by atoms with Gasteiger partial charge in [-0.1, -0.05) is 42.5 Å². The van der Waals surface area contributed by atoms with E-state index in [0.29, 0.717) is 17.7 Å². The first kappa shape index (κ1) is 19.6. The molecule has 0 unspecified atom stereocenters. The Morgan fingerprint density at radius 2 is 1.90 bits per heavy atom. The molecule has 0 radical (unpaired) electrons. The maximum atomic E-state index is 12.9. The fraction of sp³-hybridized carbons (Fsp3) is 0.217. The molecule has 1 aliphatic rings. The summed E-state index contributed by atoms with van der Waals surface area (Å²) in [6.45, 7) is 1.95. The van der Waals surface area contributed by atoms with E-state index in [1.807, 2.05) is 55.5 Å². The van der Waals surface area contributed by atoms with Crippen LogP contribution in [-0.2, 0) is 9.59 Å². The number of nitrogens with one attached hydrogen (secondary N) is 1. The van der Waals surface area contributed by atoms with E-state index in [1.54, 1.807) is 6.07 Å². The number of carboxylic acids is 1. The molecule has 0 bridgehead atoms. The first-order valence-electron chi connectivity index (χ1n) is 9.73. The van der Waals surface area contributed by atoms with Gasteiger partial charge in [-0.15, -0.1) is 0 Å². The second kappa shape index (κ2) is 7.94. The van der Waals surface area contributed by atoms with Crippen LogP contribution in [0.25, 0.3) is 10.9 Å². The van der Waals surface area contributed by atoms with E-state index in [-0.39, 0.29) is 18.4 Å². The molecule has 2 N–H and O–H groups in total. The molecule has 1 aliphatic heterocycles. The number of aryl methyl sites for hydroxylation is 1. The van der Waals surface area contributed by atoms with E-state index < -0.39 is 17.9 Å². The van der Waals surface area contributed by atoms with E-state index in [4.69, 9.17) is 5.11 Å². The molecule has 7 heteroatoms. The Hall–Kier alpha value is -3.74. The number of carbonyl (C=O) groups is 2. The summed E-state index contributed by atoms with van der Waals surface area (Å²) in [6, 6.07) is 16.4. The van der Waals surface area contributed by atoms with Gasteiger partial charge in [0.15, 0.2) is 0 Å². The zero-order valence-corrected chi connectivity index (χ0v) is 16.5. The van der Waals surface area contributed by atoms with Gasteiger partial charge in [0.1, 0.15) is 0 Å². The lowest BCUT2D eigenvalue weighted by Crippen LogP contribution is -2.31. The number of fused-ring (bicyclic) bond motifs is 1. The van der Waals surface area contributed by atoms with Crippen LogP contribution in [0.3, 0.4) is 0 Å². The fourth-order valence-electron chi connectivity index (χ4n) is 3.70. The van der Waals surface area contributed by atoms with Gasteiger partial charge in [-0.05, 0) is 35.6 Å². The summed E-state index contributed by atoms with van der Waals surface area (Å²) >= 11 is 0. The lowest BCUT2D eigenvalue weighted by molar-refractivity contribution is -0.141. The van der Waals surface area contributed by atoms with Gasteiger partial charge in [-0.25, -0.2) is 5.01 Å². The van der Waals surface area contributed by atoms with Crippen molar-refractivity contribution in [1.29, 1.82) is 0 Å². The summed E-state index contributed by atoms with van der Waals surface area (Å²) < 4.78 is 0. The van der Waals surface area contributed by atoms with Gasteiger partial charge in [-0.3, -0.25) is 14.4 Å². The molecule has 2 heterocycles. The molecule has 7 nitrogen and oxygen atoms in total. The number of pyridine rings is 1. The Morgan fingerprint density at radius 1 is 1.13 bits per heavy atom. The van der Waals surface area contributed by atoms with Crippen LogP contribution in [0, 0.1) is 6.92 Å². The number of nitrogens with zero attached hydrogens (tertiary/aromatic N) is 2. The number of aliphatic carboxylic acids is 1. The van der Waals surface area contributed by atoms with Gasteiger partial charge in [0.2, 0.25) is 5.91 Å². The lowest BCUT2D eigenvalue weighted by atomic mass is 9.98. The Bertz CT molecular complexity index is 1210. The van der Waals surface area contributed by atoms with Crippen molar-refractivity contribution in [2.45, 2.75) is 32.2 Å². The molecule has 1 amide bonds. The number of aromatic nitrogens is 1. The van der Waals surface area contributed by atoms with Crippen LogP contribution in [0.1, 0.15) is 42.0 Å². The average Bonchev–Trinajstić information content (AvgIpc) is 3.17. The summed E-state index contributed by atoms with van der Waals surface area (Å²) in [5.74, 6) is -1.47. The molecular weight excluding hydrogens is 382 g/mol. The number of benzene rings is 2. The normalized spacial score (nSPS) is 16.0. The highest BCUT2D eigenvalue weighted by Crippen LogP contribution is 2.32. The number of H-pyrrole nitrogens is 1. The van der Waals surface area contributed by atoms with Gasteiger partial charge in [0.25, 0.3) is 5.56 Å². The highest BCUT2D eigenvalue weighted by atomic mass is 16.4. The highest BCUT2D eigenvalue weighted by Gasteiger charge is 2.34. The zero-order chi connectivity index (χ0) is 21.3. The Kier molecular flexibility index (Phi) is 5.18. The maximum Gasteiger partial charge on any atom is 0.303 e. The summed E-state index contributed by atoms with van der Waals surface area (Å²) in [4.78, 5) is 39.5. The van der Waals surface area contributed by atoms with Crippen molar-refractivity contribution < 1.29 is 14.7 Å². The van der Waals surface area contributed by atoms with E-state index >= 15 is 0 Å². The zero-order valence-electron chi connectivity index (χ0n) is 16.5. The highest BCUT2D eigenvalue weighted by molar-refractivity contribution is 6.03. The Balaban J connectivity index is 1.75. The van der Waals surface area contributed by atoms with Crippen LogP contribution in [-0.4, -0.2) is 32.7 Å². The van der Waals surface area contributed by atoms with Crippen LogP contribution in [0.4, 0.5) is 0 Å². The number of amides is 1. The van der Waals surface area contributed by atoms with Crippen LogP contribution >= 0.6 is 0 Å². The predicted molar refractivity (Wildman–Crippen MR) is 113 cm³/mol. The summed E-state index contributed by atoms with van der Waals surface area (Å²) in [6.07, 6.45) is -0.0864. The van der Waals surface area contributed by atoms with Gasteiger partial charge < -0.3 is 10.1 Å². The summed E-state index contributed by atoms with van der Waals surface area (Å²) in [5.41, 5.74) is 3.47. The van der Waals surface area contributed by atoms with E-state index in [9.17, 15) is 14.4 Å². The SMILES string of the molecule is Cc1ccc2cc([C@@H]3CC(c4ccccc4)=NN3C(=O)CCC(=O)O)c(=O)[nH]c2c1. The molecule has 0 spiro atoms. The molecule has 0 saturated carbocycles.